The van der Waals surface area contributed by atoms with Crippen molar-refractivity contribution in [2.75, 3.05) is 13.2 Å². The zero-order valence-corrected chi connectivity index (χ0v) is 11.5. The minimum Gasteiger partial charge on any atom is -0.486 e. The molecule has 3 atom stereocenters. The summed E-state index contributed by atoms with van der Waals surface area (Å²) in [5.41, 5.74) is 0. The Morgan fingerprint density at radius 2 is 2.00 bits per heavy atom. The quantitative estimate of drug-likeness (QED) is 0.870. The number of hydrogen-bond donors (Lipinski definition) is 1. The van der Waals surface area contributed by atoms with Crippen molar-refractivity contribution < 1.29 is 9.47 Å². The number of benzene rings is 1. The predicted octanol–water partition coefficient (Wildman–Crippen LogP) is 2.85. The van der Waals surface area contributed by atoms with Crippen LogP contribution >= 0.6 is 0 Å². The van der Waals surface area contributed by atoms with Gasteiger partial charge in [-0.1, -0.05) is 32.4 Å². The van der Waals surface area contributed by atoms with Crippen LogP contribution in [0.1, 0.15) is 27.2 Å². The van der Waals surface area contributed by atoms with Crippen molar-refractivity contribution >= 4 is 0 Å². The molecule has 3 heteroatoms. The summed E-state index contributed by atoms with van der Waals surface area (Å²) in [5, 5.41) is 3.53. The van der Waals surface area contributed by atoms with E-state index in [0.717, 1.165) is 18.0 Å². The van der Waals surface area contributed by atoms with Crippen molar-refractivity contribution in [1.29, 1.82) is 0 Å². The Balaban J connectivity index is 1.83. The molecule has 3 unspecified atom stereocenters. The molecule has 0 bridgehead atoms. The van der Waals surface area contributed by atoms with Crippen LogP contribution in [0.25, 0.3) is 0 Å². The van der Waals surface area contributed by atoms with Gasteiger partial charge in [-0.3, -0.25) is 0 Å². The van der Waals surface area contributed by atoms with Gasteiger partial charge in [-0.25, -0.2) is 0 Å². The summed E-state index contributed by atoms with van der Waals surface area (Å²) in [4.78, 5) is 0. The molecule has 1 N–H and O–H groups in total. The number of rotatable bonds is 5. The van der Waals surface area contributed by atoms with E-state index in [0.29, 0.717) is 18.6 Å². The van der Waals surface area contributed by atoms with Gasteiger partial charge in [0.05, 0.1) is 0 Å². The molecule has 1 aromatic carbocycles. The number of nitrogens with one attached hydrogen (secondary N) is 1. The number of hydrogen-bond acceptors (Lipinski definition) is 3. The van der Waals surface area contributed by atoms with Crippen LogP contribution in [-0.4, -0.2) is 25.3 Å². The summed E-state index contributed by atoms with van der Waals surface area (Å²) >= 11 is 0. The van der Waals surface area contributed by atoms with Gasteiger partial charge in [0.1, 0.15) is 12.7 Å². The van der Waals surface area contributed by atoms with E-state index in [1.54, 1.807) is 0 Å². The summed E-state index contributed by atoms with van der Waals surface area (Å²) < 4.78 is 11.6. The van der Waals surface area contributed by atoms with Gasteiger partial charge in [0.25, 0.3) is 0 Å². The van der Waals surface area contributed by atoms with Crippen LogP contribution in [0, 0.1) is 5.92 Å². The van der Waals surface area contributed by atoms with E-state index in [1.165, 1.54) is 6.42 Å². The topological polar surface area (TPSA) is 30.5 Å². The molecule has 1 aliphatic heterocycles. The molecule has 0 aliphatic carbocycles. The van der Waals surface area contributed by atoms with Crippen LogP contribution in [0.4, 0.5) is 0 Å². The molecule has 0 fully saturated rings. The van der Waals surface area contributed by atoms with Crippen LogP contribution in [0.2, 0.25) is 0 Å². The Bertz CT molecular complexity index is 381. The predicted molar refractivity (Wildman–Crippen MR) is 73.3 cm³/mol. The monoisotopic (exact) mass is 249 g/mol. The Labute approximate surface area is 109 Å². The van der Waals surface area contributed by atoms with Crippen molar-refractivity contribution in [3.8, 4) is 11.5 Å². The highest BCUT2D eigenvalue weighted by atomic mass is 16.6. The van der Waals surface area contributed by atoms with E-state index < -0.39 is 0 Å². The second-order valence-electron chi connectivity index (χ2n) is 5.08. The summed E-state index contributed by atoms with van der Waals surface area (Å²) in [5.74, 6) is 2.39. The Hall–Kier alpha value is -1.22. The van der Waals surface area contributed by atoms with Crippen LogP contribution in [0.3, 0.4) is 0 Å². The van der Waals surface area contributed by atoms with Crippen LogP contribution < -0.4 is 14.8 Å². The van der Waals surface area contributed by atoms with Gasteiger partial charge < -0.3 is 14.8 Å². The first-order valence-electron chi connectivity index (χ1n) is 6.82. The number of fused-ring (bicyclic) bond motifs is 1. The zero-order valence-electron chi connectivity index (χ0n) is 11.5. The second-order valence-corrected chi connectivity index (χ2v) is 5.08. The standard InChI is InChI=1S/C15H23NO2/c1-4-11(2)12(3)16-9-13-10-17-14-7-5-6-8-15(14)18-13/h5-8,11-13,16H,4,9-10H2,1-3H3. The van der Waals surface area contributed by atoms with Crippen molar-refractivity contribution in [1.82, 2.24) is 5.32 Å². The number of ether oxygens (including phenoxy) is 2. The molecule has 2 rings (SSSR count). The van der Waals surface area contributed by atoms with Crippen LogP contribution in [-0.2, 0) is 0 Å². The molecule has 0 spiro atoms. The largest absolute Gasteiger partial charge is 0.486 e. The van der Waals surface area contributed by atoms with Gasteiger partial charge in [0, 0.05) is 12.6 Å². The maximum atomic E-state index is 5.91. The van der Waals surface area contributed by atoms with Crippen molar-refractivity contribution in [3.63, 3.8) is 0 Å². The molecule has 3 nitrogen and oxygen atoms in total. The van der Waals surface area contributed by atoms with Crippen molar-refractivity contribution in [2.45, 2.75) is 39.3 Å². The lowest BCUT2D eigenvalue weighted by Gasteiger charge is -2.28. The van der Waals surface area contributed by atoms with E-state index in [1.807, 2.05) is 24.3 Å². The molecule has 0 saturated carbocycles. The first-order chi connectivity index (χ1) is 8.70. The average Bonchev–Trinajstić information content (AvgIpc) is 2.43. The smallest absolute Gasteiger partial charge is 0.161 e. The van der Waals surface area contributed by atoms with E-state index in [4.69, 9.17) is 9.47 Å². The van der Waals surface area contributed by atoms with E-state index in [-0.39, 0.29) is 6.10 Å². The lowest BCUT2D eigenvalue weighted by Crippen LogP contribution is -2.43. The molecule has 1 aromatic rings. The van der Waals surface area contributed by atoms with Gasteiger partial charge >= 0.3 is 0 Å². The third-order valence-corrected chi connectivity index (χ3v) is 3.73. The fraction of sp³-hybridized carbons (Fsp3) is 0.600. The number of para-hydroxylation sites is 2. The fourth-order valence-corrected chi connectivity index (χ4v) is 2.04. The summed E-state index contributed by atoms with van der Waals surface area (Å²) in [6.07, 6.45) is 1.30. The van der Waals surface area contributed by atoms with E-state index >= 15 is 0 Å². The normalized spacial score (nSPS) is 21.4. The fourth-order valence-electron chi connectivity index (χ4n) is 2.04. The molecule has 18 heavy (non-hydrogen) atoms. The maximum Gasteiger partial charge on any atom is 0.161 e. The van der Waals surface area contributed by atoms with Gasteiger partial charge in [0.15, 0.2) is 11.5 Å². The summed E-state index contributed by atoms with van der Waals surface area (Å²) in [6.45, 7) is 8.17. The van der Waals surface area contributed by atoms with Gasteiger partial charge in [-0.05, 0) is 25.0 Å². The summed E-state index contributed by atoms with van der Waals surface area (Å²) in [6, 6.07) is 8.35. The van der Waals surface area contributed by atoms with Gasteiger partial charge in [-0.2, -0.15) is 0 Å². The SMILES string of the molecule is CCC(C)C(C)NCC1COc2ccccc2O1. The highest BCUT2D eigenvalue weighted by molar-refractivity contribution is 5.40. The second kappa shape index (κ2) is 6.10. The lowest BCUT2D eigenvalue weighted by molar-refractivity contribution is 0.0869. The molecular weight excluding hydrogens is 226 g/mol. The summed E-state index contributed by atoms with van der Waals surface area (Å²) in [7, 11) is 0. The Morgan fingerprint density at radius 3 is 2.72 bits per heavy atom. The van der Waals surface area contributed by atoms with Crippen molar-refractivity contribution in [3.05, 3.63) is 24.3 Å². The molecule has 0 radical (unpaired) electrons. The average molecular weight is 249 g/mol. The minimum absolute atomic E-state index is 0.103. The molecular formula is C15H23NO2. The van der Waals surface area contributed by atoms with Crippen molar-refractivity contribution in [2.24, 2.45) is 5.92 Å². The first-order valence-corrected chi connectivity index (χ1v) is 6.82. The van der Waals surface area contributed by atoms with Gasteiger partial charge in [-0.15, -0.1) is 0 Å². The maximum absolute atomic E-state index is 5.91. The van der Waals surface area contributed by atoms with E-state index in [2.05, 4.69) is 26.1 Å². The highest BCUT2D eigenvalue weighted by Gasteiger charge is 2.21. The molecule has 0 aromatic heterocycles. The highest BCUT2D eigenvalue weighted by Crippen LogP contribution is 2.30. The van der Waals surface area contributed by atoms with Gasteiger partial charge in [0.2, 0.25) is 0 Å². The first kappa shape index (κ1) is 13.2. The molecule has 1 aliphatic rings. The van der Waals surface area contributed by atoms with Crippen LogP contribution in [0.15, 0.2) is 24.3 Å². The van der Waals surface area contributed by atoms with Crippen LogP contribution in [0.5, 0.6) is 11.5 Å². The third kappa shape index (κ3) is 3.16. The molecule has 1 heterocycles. The lowest BCUT2D eigenvalue weighted by atomic mass is 10.0. The zero-order chi connectivity index (χ0) is 13.0. The van der Waals surface area contributed by atoms with E-state index in [9.17, 15) is 0 Å². The minimum atomic E-state index is 0.103. The third-order valence-electron chi connectivity index (χ3n) is 3.73. The Kier molecular flexibility index (Phi) is 4.48. The molecule has 100 valence electrons. The molecule has 0 amide bonds. The Morgan fingerprint density at radius 1 is 1.28 bits per heavy atom. The molecule has 0 saturated heterocycles.